The summed E-state index contributed by atoms with van der Waals surface area (Å²) < 4.78 is 17.0. The molecule has 0 saturated carbocycles. The van der Waals surface area contributed by atoms with Crippen LogP contribution in [0.4, 0.5) is 0 Å². The van der Waals surface area contributed by atoms with Gasteiger partial charge in [-0.2, -0.15) is 10.0 Å². The smallest absolute Gasteiger partial charge is 0.157 e. The first-order valence-corrected chi connectivity index (χ1v) is 14.9. The van der Waals surface area contributed by atoms with E-state index in [4.69, 9.17) is 14.2 Å². The van der Waals surface area contributed by atoms with E-state index in [9.17, 15) is 0 Å². The summed E-state index contributed by atoms with van der Waals surface area (Å²) in [7, 11) is -0.628. The molecule has 0 radical (unpaired) electrons. The van der Waals surface area contributed by atoms with Gasteiger partial charge in [0.15, 0.2) is 6.29 Å². The minimum absolute atomic E-state index is 0.0392. The van der Waals surface area contributed by atoms with Gasteiger partial charge in [0.2, 0.25) is 0 Å². The molecule has 0 aliphatic carbocycles. The molecule has 0 aromatic heterocycles. The SMILES string of the molecule is CS(C)(C)C#CCCCCCCCCCCCCOCCCOC1CCCCO1. The fourth-order valence-electron chi connectivity index (χ4n) is 3.42. The topological polar surface area (TPSA) is 27.7 Å². The van der Waals surface area contributed by atoms with E-state index >= 15 is 0 Å². The van der Waals surface area contributed by atoms with Crippen molar-refractivity contribution in [1.29, 1.82) is 0 Å². The van der Waals surface area contributed by atoms with Gasteiger partial charge in [0.25, 0.3) is 0 Å². The van der Waals surface area contributed by atoms with Crippen LogP contribution in [0.25, 0.3) is 0 Å². The number of rotatable bonds is 17. The van der Waals surface area contributed by atoms with Crippen molar-refractivity contribution in [2.75, 3.05) is 45.2 Å². The van der Waals surface area contributed by atoms with Crippen LogP contribution in [0.5, 0.6) is 0 Å². The third kappa shape index (κ3) is 19.5. The standard InChI is InChI=1S/C25H48O3S/c1-29(2,3)24-17-13-11-9-7-5-4-6-8-10-12-15-20-26-21-18-23-28-25-19-14-16-22-27-25/h25H,4-16,18-23H2,1-3H3. The molecule has 0 bridgehead atoms. The molecular weight excluding hydrogens is 380 g/mol. The first kappa shape index (κ1) is 26.8. The van der Waals surface area contributed by atoms with Crippen LogP contribution in [0.1, 0.15) is 96.3 Å². The highest BCUT2D eigenvalue weighted by Gasteiger charge is 2.13. The van der Waals surface area contributed by atoms with Crippen LogP contribution >= 0.6 is 10.0 Å². The van der Waals surface area contributed by atoms with E-state index in [1.165, 1.54) is 77.0 Å². The molecule has 1 aliphatic heterocycles. The average molecular weight is 429 g/mol. The zero-order valence-corrected chi connectivity index (χ0v) is 20.5. The predicted octanol–water partition coefficient (Wildman–Crippen LogP) is 6.88. The summed E-state index contributed by atoms with van der Waals surface area (Å²) in [6.45, 7) is 3.33. The maximum Gasteiger partial charge on any atom is 0.157 e. The maximum absolute atomic E-state index is 5.71. The molecule has 0 aromatic rings. The van der Waals surface area contributed by atoms with Crippen LogP contribution in [-0.2, 0) is 14.2 Å². The van der Waals surface area contributed by atoms with Gasteiger partial charge in [-0.05, 0) is 57.3 Å². The van der Waals surface area contributed by atoms with E-state index < -0.39 is 10.0 Å². The summed E-state index contributed by atoms with van der Waals surface area (Å²) in [5, 5.41) is 3.40. The fraction of sp³-hybridized carbons (Fsp3) is 0.920. The molecule has 0 aromatic carbocycles. The van der Waals surface area contributed by atoms with Crippen molar-refractivity contribution < 1.29 is 14.2 Å². The first-order chi connectivity index (χ1) is 14.1. The van der Waals surface area contributed by atoms with Gasteiger partial charge in [0.05, 0.1) is 6.61 Å². The van der Waals surface area contributed by atoms with Gasteiger partial charge < -0.3 is 14.2 Å². The molecular formula is C25H48O3S. The summed E-state index contributed by atoms with van der Waals surface area (Å²) in [5.74, 6) is 3.35. The zero-order chi connectivity index (χ0) is 21.0. The van der Waals surface area contributed by atoms with Gasteiger partial charge in [-0.1, -0.05) is 62.5 Å². The number of ether oxygens (including phenoxy) is 3. The molecule has 0 spiro atoms. The van der Waals surface area contributed by atoms with E-state index in [1.54, 1.807) is 0 Å². The largest absolute Gasteiger partial charge is 0.381 e. The first-order valence-electron chi connectivity index (χ1n) is 12.1. The third-order valence-electron chi connectivity index (χ3n) is 5.09. The Balaban J connectivity index is 1.69. The third-order valence-corrected chi connectivity index (χ3v) is 5.85. The fourth-order valence-corrected chi connectivity index (χ4v) is 3.95. The van der Waals surface area contributed by atoms with Crippen molar-refractivity contribution >= 4 is 10.0 Å². The lowest BCUT2D eigenvalue weighted by molar-refractivity contribution is -0.164. The Morgan fingerprint density at radius 3 is 2.00 bits per heavy atom. The van der Waals surface area contributed by atoms with Gasteiger partial charge in [0, 0.05) is 26.2 Å². The molecule has 172 valence electrons. The van der Waals surface area contributed by atoms with Gasteiger partial charge in [-0.15, -0.1) is 0 Å². The second-order valence-corrected chi connectivity index (χ2v) is 12.9. The second-order valence-electron chi connectivity index (χ2n) is 9.03. The number of unbranched alkanes of at least 4 members (excludes halogenated alkanes) is 10. The highest BCUT2D eigenvalue weighted by atomic mass is 32.3. The van der Waals surface area contributed by atoms with Crippen LogP contribution in [0.15, 0.2) is 0 Å². The normalized spacial score (nSPS) is 17.7. The monoisotopic (exact) mass is 428 g/mol. The Morgan fingerprint density at radius 2 is 1.38 bits per heavy atom. The average Bonchev–Trinajstić information content (AvgIpc) is 2.69. The molecule has 29 heavy (non-hydrogen) atoms. The van der Waals surface area contributed by atoms with Crippen molar-refractivity contribution in [3.8, 4) is 11.2 Å². The lowest BCUT2D eigenvalue weighted by Crippen LogP contribution is -2.23. The molecule has 1 heterocycles. The predicted molar refractivity (Wildman–Crippen MR) is 129 cm³/mol. The van der Waals surface area contributed by atoms with Crippen molar-refractivity contribution in [3.63, 3.8) is 0 Å². The van der Waals surface area contributed by atoms with Crippen molar-refractivity contribution in [1.82, 2.24) is 0 Å². The minimum Gasteiger partial charge on any atom is -0.381 e. The van der Waals surface area contributed by atoms with Crippen LogP contribution in [-0.4, -0.2) is 51.5 Å². The van der Waals surface area contributed by atoms with Crippen molar-refractivity contribution in [3.05, 3.63) is 0 Å². The molecule has 1 saturated heterocycles. The van der Waals surface area contributed by atoms with Gasteiger partial charge in [0.1, 0.15) is 0 Å². The molecule has 3 nitrogen and oxygen atoms in total. The minimum atomic E-state index is -0.628. The van der Waals surface area contributed by atoms with Crippen LogP contribution in [0, 0.1) is 11.2 Å². The van der Waals surface area contributed by atoms with Crippen LogP contribution < -0.4 is 0 Å². The molecule has 1 rings (SSSR count). The molecule has 1 fully saturated rings. The Labute approximate surface area is 183 Å². The van der Waals surface area contributed by atoms with Crippen molar-refractivity contribution in [2.24, 2.45) is 0 Å². The summed E-state index contributed by atoms with van der Waals surface area (Å²) in [6, 6.07) is 0. The summed E-state index contributed by atoms with van der Waals surface area (Å²) >= 11 is 0. The van der Waals surface area contributed by atoms with E-state index in [0.717, 1.165) is 45.7 Å². The summed E-state index contributed by atoms with van der Waals surface area (Å²) in [5.41, 5.74) is 0. The molecule has 0 amide bonds. The molecule has 1 atom stereocenters. The zero-order valence-electron chi connectivity index (χ0n) is 19.6. The maximum atomic E-state index is 5.71. The molecule has 0 N–H and O–H groups in total. The lowest BCUT2D eigenvalue weighted by atomic mass is 10.1. The Hall–Kier alpha value is -0.210. The van der Waals surface area contributed by atoms with E-state index in [0.29, 0.717) is 0 Å². The lowest BCUT2D eigenvalue weighted by Gasteiger charge is -2.22. The Kier molecular flexibility index (Phi) is 17.2. The van der Waals surface area contributed by atoms with Gasteiger partial charge in [-0.25, -0.2) is 0 Å². The summed E-state index contributed by atoms with van der Waals surface area (Å²) in [4.78, 5) is 0. The van der Waals surface area contributed by atoms with Crippen molar-refractivity contribution in [2.45, 2.75) is 103 Å². The van der Waals surface area contributed by atoms with Crippen LogP contribution in [0.2, 0.25) is 0 Å². The van der Waals surface area contributed by atoms with Gasteiger partial charge in [-0.3, -0.25) is 0 Å². The molecule has 1 aliphatic rings. The van der Waals surface area contributed by atoms with Gasteiger partial charge >= 0.3 is 0 Å². The van der Waals surface area contributed by atoms with E-state index in [-0.39, 0.29) is 6.29 Å². The quantitative estimate of drug-likeness (QED) is 0.187. The van der Waals surface area contributed by atoms with E-state index in [2.05, 4.69) is 29.9 Å². The number of hydrogen-bond acceptors (Lipinski definition) is 3. The highest BCUT2D eigenvalue weighted by molar-refractivity contribution is 8.35. The molecule has 1 unspecified atom stereocenters. The number of hydrogen-bond donors (Lipinski definition) is 0. The van der Waals surface area contributed by atoms with E-state index in [1.807, 2.05) is 0 Å². The Bertz CT molecular complexity index is 416. The Morgan fingerprint density at radius 1 is 0.759 bits per heavy atom. The van der Waals surface area contributed by atoms with Crippen LogP contribution in [0.3, 0.4) is 0 Å². The molecule has 4 heteroatoms. The second kappa shape index (κ2) is 18.6. The summed E-state index contributed by atoms with van der Waals surface area (Å²) in [6.07, 6.45) is 25.8. The highest BCUT2D eigenvalue weighted by Crippen LogP contribution is 2.32.